The summed E-state index contributed by atoms with van der Waals surface area (Å²) in [5, 5.41) is 11.5. The second-order valence-corrected chi connectivity index (χ2v) is 6.92. The number of aromatic amines is 1. The molecule has 8 heteroatoms. The maximum atomic E-state index is 13.2. The molecule has 0 unspecified atom stereocenters. The minimum atomic E-state index is -0.290. The molecular weight excluding hydrogens is 347 g/mol. The quantitative estimate of drug-likeness (QED) is 0.766. The lowest BCUT2D eigenvalue weighted by Gasteiger charge is -2.22. The van der Waals surface area contributed by atoms with Crippen molar-refractivity contribution in [3.63, 3.8) is 0 Å². The standard InChI is InChI=1S/C19H21FN6O/c1-24-7-8-26-16(12-24)9-17(23-26)19(27)25(2)11-14-10-21-22-18(14)13-3-5-15(20)6-4-13/h3-6,9-10H,7-8,11-12H2,1-2H3,(H,21,22). The first-order valence-electron chi connectivity index (χ1n) is 8.80. The number of nitrogens with one attached hydrogen (secondary N) is 1. The van der Waals surface area contributed by atoms with Crippen molar-refractivity contribution in [2.75, 3.05) is 20.6 Å². The third kappa shape index (κ3) is 3.48. The average molecular weight is 368 g/mol. The minimum absolute atomic E-state index is 0.134. The van der Waals surface area contributed by atoms with Crippen LogP contribution in [0.15, 0.2) is 36.5 Å². The molecule has 27 heavy (non-hydrogen) atoms. The van der Waals surface area contributed by atoms with E-state index < -0.39 is 0 Å². The number of rotatable bonds is 4. The predicted molar refractivity (Wildman–Crippen MR) is 98.3 cm³/mol. The van der Waals surface area contributed by atoms with Crippen LogP contribution in [0.1, 0.15) is 21.7 Å². The number of H-pyrrole nitrogens is 1. The summed E-state index contributed by atoms with van der Waals surface area (Å²) in [6, 6.07) is 8.05. The van der Waals surface area contributed by atoms with Gasteiger partial charge in [0.05, 0.1) is 24.1 Å². The molecule has 3 heterocycles. The Labute approximate surface area is 156 Å². The number of carbonyl (C=O) groups is 1. The van der Waals surface area contributed by atoms with Crippen LogP contribution in [0.4, 0.5) is 4.39 Å². The van der Waals surface area contributed by atoms with Gasteiger partial charge in [-0.3, -0.25) is 19.5 Å². The molecular formula is C19H21FN6O. The van der Waals surface area contributed by atoms with Gasteiger partial charge in [-0.05, 0) is 37.4 Å². The van der Waals surface area contributed by atoms with E-state index in [-0.39, 0.29) is 11.7 Å². The van der Waals surface area contributed by atoms with Gasteiger partial charge < -0.3 is 4.90 Å². The second kappa shape index (κ2) is 6.96. The van der Waals surface area contributed by atoms with Crippen LogP contribution in [-0.2, 0) is 19.6 Å². The fraction of sp³-hybridized carbons (Fsp3) is 0.316. The van der Waals surface area contributed by atoms with Gasteiger partial charge >= 0.3 is 0 Å². The summed E-state index contributed by atoms with van der Waals surface area (Å²) in [5.41, 5.74) is 3.97. The molecule has 1 N–H and O–H groups in total. The number of nitrogens with zero attached hydrogens (tertiary/aromatic N) is 5. The Morgan fingerprint density at radius 1 is 1.30 bits per heavy atom. The zero-order chi connectivity index (χ0) is 19.0. The molecule has 4 rings (SSSR count). The number of aromatic nitrogens is 4. The maximum Gasteiger partial charge on any atom is 0.274 e. The van der Waals surface area contributed by atoms with E-state index in [0.29, 0.717) is 12.2 Å². The van der Waals surface area contributed by atoms with E-state index in [4.69, 9.17) is 0 Å². The van der Waals surface area contributed by atoms with Crippen LogP contribution in [0.3, 0.4) is 0 Å². The van der Waals surface area contributed by atoms with Crippen molar-refractivity contribution in [3.8, 4) is 11.3 Å². The third-order valence-electron chi connectivity index (χ3n) is 4.81. The zero-order valence-electron chi connectivity index (χ0n) is 15.3. The van der Waals surface area contributed by atoms with Gasteiger partial charge in [0.2, 0.25) is 0 Å². The van der Waals surface area contributed by atoms with Crippen LogP contribution in [0.25, 0.3) is 11.3 Å². The fourth-order valence-corrected chi connectivity index (χ4v) is 3.32. The summed E-state index contributed by atoms with van der Waals surface area (Å²) in [6.45, 7) is 2.89. The summed E-state index contributed by atoms with van der Waals surface area (Å²) in [4.78, 5) is 16.6. The molecule has 1 aromatic carbocycles. The lowest BCUT2D eigenvalue weighted by Crippen LogP contribution is -2.30. The number of likely N-dealkylation sites (N-methyl/N-ethyl adjacent to an activating group) is 1. The molecule has 0 atom stereocenters. The van der Waals surface area contributed by atoms with Crippen molar-refractivity contribution in [1.29, 1.82) is 0 Å². The summed E-state index contributed by atoms with van der Waals surface area (Å²) in [7, 11) is 3.80. The Bertz CT molecular complexity index is 961. The van der Waals surface area contributed by atoms with Crippen LogP contribution >= 0.6 is 0 Å². The van der Waals surface area contributed by atoms with Crippen molar-refractivity contribution in [2.45, 2.75) is 19.6 Å². The van der Waals surface area contributed by atoms with Gasteiger partial charge in [0.1, 0.15) is 5.82 Å². The lowest BCUT2D eigenvalue weighted by atomic mass is 10.1. The van der Waals surface area contributed by atoms with Gasteiger partial charge in [-0.15, -0.1) is 0 Å². The van der Waals surface area contributed by atoms with E-state index in [9.17, 15) is 9.18 Å². The number of hydrogen-bond acceptors (Lipinski definition) is 4. The Morgan fingerprint density at radius 3 is 2.85 bits per heavy atom. The van der Waals surface area contributed by atoms with Gasteiger partial charge in [-0.2, -0.15) is 10.2 Å². The van der Waals surface area contributed by atoms with E-state index in [1.807, 2.05) is 10.7 Å². The minimum Gasteiger partial charge on any atom is -0.336 e. The number of fused-ring (bicyclic) bond motifs is 1. The van der Waals surface area contributed by atoms with Crippen LogP contribution < -0.4 is 0 Å². The zero-order valence-corrected chi connectivity index (χ0v) is 15.3. The van der Waals surface area contributed by atoms with Crippen LogP contribution in [0, 0.1) is 5.82 Å². The molecule has 1 amide bonds. The Kier molecular flexibility index (Phi) is 4.49. The van der Waals surface area contributed by atoms with Crippen LogP contribution in [-0.4, -0.2) is 56.3 Å². The molecule has 0 bridgehead atoms. The van der Waals surface area contributed by atoms with E-state index in [1.165, 1.54) is 12.1 Å². The molecule has 0 saturated heterocycles. The van der Waals surface area contributed by atoms with Gasteiger partial charge in [-0.1, -0.05) is 0 Å². The monoisotopic (exact) mass is 368 g/mol. The normalized spacial score (nSPS) is 14.2. The molecule has 3 aromatic rings. The van der Waals surface area contributed by atoms with Crippen LogP contribution in [0.5, 0.6) is 0 Å². The highest BCUT2D eigenvalue weighted by Gasteiger charge is 2.22. The van der Waals surface area contributed by atoms with Crippen molar-refractivity contribution < 1.29 is 9.18 Å². The average Bonchev–Trinajstić information content (AvgIpc) is 3.28. The number of halogens is 1. The van der Waals surface area contributed by atoms with Gasteiger partial charge in [0.15, 0.2) is 5.69 Å². The SMILES string of the molecule is CN1CCn2nc(C(=O)N(C)Cc3cn[nH]c3-c3ccc(F)cc3)cc2C1. The van der Waals surface area contributed by atoms with Gasteiger partial charge in [0, 0.05) is 37.8 Å². The Morgan fingerprint density at radius 2 is 2.07 bits per heavy atom. The summed E-state index contributed by atoms with van der Waals surface area (Å²) in [6.07, 6.45) is 1.69. The topological polar surface area (TPSA) is 70.1 Å². The summed E-state index contributed by atoms with van der Waals surface area (Å²) >= 11 is 0. The van der Waals surface area contributed by atoms with E-state index in [2.05, 4.69) is 27.2 Å². The first-order chi connectivity index (χ1) is 13.0. The molecule has 0 aliphatic carbocycles. The molecule has 0 spiro atoms. The molecule has 0 radical (unpaired) electrons. The van der Waals surface area contributed by atoms with Crippen molar-refractivity contribution in [3.05, 3.63) is 59.3 Å². The van der Waals surface area contributed by atoms with Crippen molar-refractivity contribution in [1.82, 2.24) is 29.8 Å². The first kappa shape index (κ1) is 17.4. The number of amides is 1. The van der Waals surface area contributed by atoms with Crippen molar-refractivity contribution >= 4 is 5.91 Å². The predicted octanol–water partition coefficient (Wildman–Crippen LogP) is 2.13. The smallest absolute Gasteiger partial charge is 0.274 e. The Hall–Kier alpha value is -3.00. The maximum absolute atomic E-state index is 13.2. The van der Waals surface area contributed by atoms with Crippen molar-refractivity contribution in [2.24, 2.45) is 0 Å². The van der Waals surface area contributed by atoms with E-state index in [1.54, 1.807) is 30.3 Å². The molecule has 1 aliphatic rings. The van der Waals surface area contributed by atoms with E-state index >= 15 is 0 Å². The highest BCUT2D eigenvalue weighted by Crippen LogP contribution is 2.23. The van der Waals surface area contributed by atoms with Gasteiger partial charge in [-0.25, -0.2) is 4.39 Å². The summed E-state index contributed by atoms with van der Waals surface area (Å²) in [5.74, 6) is -0.424. The first-order valence-corrected chi connectivity index (χ1v) is 8.80. The Balaban J connectivity index is 1.51. The molecule has 1 aliphatic heterocycles. The highest BCUT2D eigenvalue weighted by atomic mass is 19.1. The van der Waals surface area contributed by atoms with Gasteiger partial charge in [0.25, 0.3) is 5.91 Å². The highest BCUT2D eigenvalue weighted by molar-refractivity contribution is 5.92. The van der Waals surface area contributed by atoms with E-state index in [0.717, 1.165) is 42.1 Å². The third-order valence-corrected chi connectivity index (χ3v) is 4.81. The summed E-state index contributed by atoms with van der Waals surface area (Å²) < 4.78 is 15.1. The van der Waals surface area contributed by atoms with Crippen LogP contribution in [0.2, 0.25) is 0 Å². The lowest BCUT2D eigenvalue weighted by molar-refractivity contribution is 0.0778. The fourth-order valence-electron chi connectivity index (χ4n) is 3.32. The molecule has 0 fully saturated rings. The number of carbonyl (C=O) groups excluding carboxylic acids is 1. The molecule has 0 saturated carbocycles. The molecule has 7 nitrogen and oxygen atoms in total. The number of benzene rings is 1. The largest absolute Gasteiger partial charge is 0.336 e. The number of hydrogen-bond donors (Lipinski definition) is 1. The second-order valence-electron chi connectivity index (χ2n) is 6.92. The molecule has 2 aromatic heterocycles. The molecule has 140 valence electrons.